The molecule has 0 spiro atoms. The van der Waals surface area contributed by atoms with E-state index in [1.165, 1.54) is 0 Å². The van der Waals surface area contributed by atoms with Gasteiger partial charge in [0.2, 0.25) is 0 Å². The van der Waals surface area contributed by atoms with Crippen molar-refractivity contribution in [3.8, 4) is 5.75 Å². The first-order chi connectivity index (χ1) is 6.36. The summed E-state index contributed by atoms with van der Waals surface area (Å²) in [6.45, 7) is 5.36. The maximum atomic E-state index is 9.80. The molecule has 0 aliphatic rings. The van der Waals surface area contributed by atoms with Gasteiger partial charge in [-0.1, -0.05) is 11.6 Å². The molecule has 78 valence electrons. The van der Waals surface area contributed by atoms with E-state index < -0.39 is 5.60 Å². The van der Waals surface area contributed by atoms with Crippen LogP contribution in [0.15, 0.2) is 12.1 Å². The lowest BCUT2D eigenvalue weighted by Crippen LogP contribution is -2.15. The SMILES string of the molecule is COc1c(C)cc(C(C)(C)O)cc1Cl. The predicted octanol–water partition coefficient (Wildman–Crippen LogP) is 2.88. The fourth-order valence-electron chi connectivity index (χ4n) is 1.34. The lowest BCUT2D eigenvalue weighted by molar-refractivity contribution is 0.0785. The van der Waals surface area contributed by atoms with Crippen LogP contribution < -0.4 is 4.74 Å². The van der Waals surface area contributed by atoms with Gasteiger partial charge in [-0.3, -0.25) is 0 Å². The molecule has 14 heavy (non-hydrogen) atoms. The first-order valence-corrected chi connectivity index (χ1v) is 4.81. The zero-order chi connectivity index (χ0) is 10.9. The van der Waals surface area contributed by atoms with Crippen molar-refractivity contribution in [3.05, 3.63) is 28.3 Å². The maximum Gasteiger partial charge on any atom is 0.140 e. The second kappa shape index (κ2) is 3.79. The molecule has 1 N–H and O–H groups in total. The average molecular weight is 215 g/mol. The average Bonchev–Trinajstić information content (AvgIpc) is 2.01. The first kappa shape index (κ1) is 11.3. The minimum absolute atomic E-state index is 0.532. The van der Waals surface area contributed by atoms with Gasteiger partial charge in [-0.25, -0.2) is 0 Å². The fourth-order valence-corrected chi connectivity index (χ4v) is 1.69. The number of hydrogen-bond acceptors (Lipinski definition) is 2. The second-order valence-corrected chi connectivity index (χ2v) is 4.27. The van der Waals surface area contributed by atoms with Crippen molar-refractivity contribution in [1.82, 2.24) is 0 Å². The number of methoxy groups -OCH3 is 1. The zero-order valence-corrected chi connectivity index (χ0v) is 9.64. The van der Waals surface area contributed by atoms with Gasteiger partial charge in [-0.2, -0.15) is 0 Å². The van der Waals surface area contributed by atoms with Crippen LogP contribution in [0.2, 0.25) is 5.02 Å². The molecule has 0 heterocycles. The van der Waals surface area contributed by atoms with Crippen LogP contribution in [0.5, 0.6) is 5.75 Å². The van der Waals surface area contributed by atoms with Gasteiger partial charge in [0.05, 0.1) is 17.7 Å². The first-order valence-electron chi connectivity index (χ1n) is 4.43. The zero-order valence-electron chi connectivity index (χ0n) is 8.89. The van der Waals surface area contributed by atoms with Crippen molar-refractivity contribution < 1.29 is 9.84 Å². The van der Waals surface area contributed by atoms with E-state index in [-0.39, 0.29) is 0 Å². The van der Waals surface area contributed by atoms with Gasteiger partial charge in [0.25, 0.3) is 0 Å². The molecule has 1 rings (SSSR count). The third kappa shape index (κ3) is 2.20. The topological polar surface area (TPSA) is 29.5 Å². The molecule has 0 aromatic heterocycles. The molecule has 0 aliphatic carbocycles. The van der Waals surface area contributed by atoms with Gasteiger partial charge >= 0.3 is 0 Å². The van der Waals surface area contributed by atoms with E-state index in [0.29, 0.717) is 10.8 Å². The monoisotopic (exact) mass is 214 g/mol. The number of ether oxygens (including phenoxy) is 1. The Morgan fingerprint density at radius 2 is 1.93 bits per heavy atom. The summed E-state index contributed by atoms with van der Waals surface area (Å²) in [5.74, 6) is 0.666. The maximum absolute atomic E-state index is 9.80. The third-order valence-electron chi connectivity index (χ3n) is 2.14. The minimum atomic E-state index is -0.874. The summed E-state index contributed by atoms with van der Waals surface area (Å²) in [4.78, 5) is 0. The van der Waals surface area contributed by atoms with E-state index in [1.54, 1.807) is 27.0 Å². The lowest BCUT2D eigenvalue weighted by Gasteiger charge is -2.20. The minimum Gasteiger partial charge on any atom is -0.495 e. The molecule has 1 aromatic rings. The number of benzene rings is 1. The Morgan fingerprint density at radius 1 is 1.36 bits per heavy atom. The molecule has 0 bridgehead atoms. The molecule has 0 unspecified atom stereocenters. The van der Waals surface area contributed by atoms with E-state index >= 15 is 0 Å². The molecule has 0 atom stereocenters. The van der Waals surface area contributed by atoms with Crippen molar-refractivity contribution in [3.63, 3.8) is 0 Å². The van der Waals surface area contributed by atoms with Gasteiger partial charge in [0.1, 0.15) is 5.75 Å². The highest BCUT2D eigenvalue weighted by Crippen LogP contribution is 2.33. The fraction of sp³-hybridized carbons (Fsp3) is 0.455. The van der Waals surface area contributed by atoms with Crippen molar-refractivity contribution in [2.24, 2.45) is 0 Å². The smallest absolute Gasteiger partial charge is 0.140 e. The summed E-state index contributed by atoms with van der Waals surface area (Å²) in [6, 6.07) is 3.61. The van der Waals surface area contributed by atoms with Crippen LogP contribution in [0.25, 0.3) is 0 Å². The van der Waals surface area contributed by atoms with Gasteiger partial charge in [-0.15, -0.1) is 0 Å². The molecule has 0 saturated heterocycles. The summed E-state index contributed by atoms with van der Waals surface area (Å²) in [7, 11) is 1.58. The highest BCUT2D eigenvalue weighted by Gasteiger charge is 2.18. The van der Waals surface area contributed by atoms with Crippen LogP contribution in [-0.2, 0) is 5.60 Å². The molecule has 1 aromatic carbocycles. The van der Waals surface area contributed by atoms with Gasteiger partial charge in [-0.05, 0) is 44.0 Å². The standard InChI is InChI=1S/C11H15ClO2/c1-7-5-8(11(2,3)13)6-9(12)10(7)14-4/h5-6,13H,1-4H3. The van der Waals surface area contributed by atoms with Crippen LogP contribution in [0.3, 0.4) is 0 Å². The van der Waals surface area contributed by atoms with Crippen molar-refractivity contribution in [2.75, 3.05) is 7.11 Å². The molecular formula is C11H15ClO2. The number of hydrogen-bond donors (Lipinski definition) is 1. The van der Waals surface area contributed by atoms with E-state index in [1.807, 2.05) is 13.0 Å². The van der Waals surface area contributed by atoms with Crippen LogP contribution in [0, 0.1) is 6.92 Å². The molecule has 0 fully saturated rings. The Labute approximate surface area is 89.5 Å². The highest BCUT2D eigenvalue weighted by molar-refractivity contribution is 6.32. The Bertz CT molecular complexity index is 317. The summed E-state index contributed by atoms with van der Waals surface area (Å²) in [6.07, 6.45) is 0. The molecule has 3 heteroatoms. The van der Waals surface area contributed by atoms with E-state index in [0.717, 1.165) is 11.1 Å². The number of halogens is 1. The lowest BCUT2D eigenvalue weighted by atomic mass is 9.96. The Balaban J connectivity index is 3.28. The van der Waals surface area contributed by atoms with E-state index in [9.17, 15) is 5.11 Å². The second-order valence-electron chi connectivity index (χ2n) is 3.87. The summed E-state index contributed by atoms with van der Waals surface area (Å²) in [5, 5.41) is 10.3. The number of rotatable bonds is 2. The largest absolute Gasteiger partial charge is 0.495 e. The van der Waals surface area contributed by atoms with Crippen LogP contribution >= 0.6 is 11.6 Å². The molecule has 0 amide bonds. The van der Waals surface area contributed by atoms with Gasteiger partial charge in [0, 0.05) is 0 Å². The van der Waals surface area contributed by atoms with Gasteiger partial charge < -0.3 is 9.84 Å². The summed E-state index contributed by atoms with van der Waals surface area (Å²) in [5.41, 5.74) is 0.846. The van der Waals surface area contributed by atoms with Crippen LogP contribution in [0.1, 0.15) is 25.0 Å². The normalized spacial score (nSPS) is 11.6. The predicted molar refractivity (Wildman–Crippen MR) is 58.0 cm³/mol. The Hall–Kier alpha value is -0.730. The number of aliphatic hydroxyl groups is 1. The summed E-state index contributed by atoms with van der Waals surface area (Å²) < 4.78 is 5.13. The molecule has 0 radical (unpaired) electrons. The highest BCUT2D eigenvalue weighted by atomic mass is 35.5. The molecule has 0 saturated carbocycles. The van der Waals surface area contributed by atoms with Gasteiger partial charge in [0.15, 0.2) is 0 Å². The number of aryl methyl sites for hydroxylation is 1. The molecule has 2 nitrogen and oxygen atoms in total. The van der Waals surface area contributed by atoms with E-state index in [2.05, 4.69) is 0 Å². The Morgan fingerprint density at radius 3 is 2.29 bits per heavy atom. The third-order valence-corrected chi connectivity index (χ3v) is 2.42. The van der Waals surface area contributed by atoms with Crippen LogP contribution in [-0.4, -0.2) is 12.2 Å². The van der Waals surface area contributed by atoms with E-state index in [4.69, 9.17) is 16.3 Å². The molecular weight excluding hydrogens is 200 g/mol. The van der Waals surface area contributed by atoms with Crippen molar-refractivity contribution in [1.29, 1.82) is 0 Å². The van der Waals surface area contributed by atoms with Crippen molar-refractivity contribution >= 4 is 11.6 Å². The molecule has 0 aliphatic heterocycles. The quantitative estimate of drug-likeness (QED) is 0.821. The van der Waals surface area contributed by atoms with Crippen molar-refractivity contribution in [2.45, 2.75) is 26.4 Å². The van der Waals surface area contributed by atoms with Crippen LogP contribution in [0.4, 0.5) is 0 Å². The summed E-state index contributed by atoms with van der Waals surface area (Å²) >= 11 is 6.00. The Kier molecular flexibility index (Phi) is 3.07.